The zero-order valence-electron chi connectivity index (χ0n) is 39.5. The van der Waals surface area contributed by atoms with Crippen molar-refractivity contribution in [2.24, 2.45) is 0 Å². The number of hydrogen-bond acceptors (Lipinski definition) is 5. The van der Waals surface area contributed by atoms with Crippen molar-refractivity contribution in [3.05, 3.63) is 253 Å². The predicted octanol–water partition coefficient (Wildman–Crippen LogP) is 16.4. The lowest BCUT2D eigenvalue weighted by molar-refractivity contribution is 1.06. The lowest BCUT2D eigenvalue weighted by Gasteiger charge is -2.18. The van der Waals surface area contributed by atoms with Crippen LogP contribution < -0.4 is 0 Å². The second-order valence-electron chi connectivity index (χ2n) is 18.0. The summed E-state index contributed by atoms with van der Waals surface area (Å²) in [6.07, 6.45) is 0. The van der Waals surface area contributed by atoms with Gasteiger partial charge in [-0.2, -0.15) is 10.5 Å². The Morgan fingerprint density at radius 3 is 1.46 bits per heavy atom. The maximum Gasteiger partial charge on any atom is 0.194 e. The third kappa shape index (κ3) is 7.17. The van der Waals surface area contributed by atoms with Crippen LogP contribution in [0, 0.1) is 29.2 Å². The number of fused-ring (bicyclic) bond motifs is 6. The van der Waals surface area contributed by atoms with Gasteiger partial charge in [0.2, 0.25) is 0 Å². The Balaban J connectivity index is 1.06. The molecule has 0 aliphatic heterocycles. The van der Waals surface area contributed by atoms with Gasteiger partial charge in [-0.3, -0.25) is 0 Å². The van der Waals surface area contributed by atoms with Gasteiger partial charge in [0.05, 0.1) is 57.2 Å². The second kappa shape index (κ2) is 17.9. The molecule has 0 fully saturated rings. The molecule has 0 spiro atoms. The number of aromatic nitrogens is 5. The van der Waals surface area contributed by atoms with Crippen LogP contribution in [-0.2, 0) is 0 Å². The molecule has 13 aromatic rings. The normalized spacial score (nSPS) is 11.2. The molecule has 8 heteroatoms. The van der Waals surface area contributed by atoms with Crippen molar-refractivity contribution in [1.82, 2.24) is 24.1 Å². The van der Waals surface area contributed by atoms with Crippen molar-refractivity contribution in [2.75, 3.05) is 0 Å². The number of rotatable bonds is 8. The third-order valence-corrected chi connectivity index (χ3v) is 13.9. The van der Waals surface area contributed by atoms with Crippen molar-refractivity contribution in [2.45, 2.75) is 0 Å². The Hall–Kier alpha value is -10.7. The zero-order chi connectivity index (χ0) is 49.7. The van der Waals surface area contributed by atoms with E-state index in [9.17, 15) is 10.5 Å². The SMILES string of the molecule is [C-]#[N+]c1ccccc1-c1ccc2c(c1)c1ccccc1n2-c1cccc(-c2ccc(-c3nc(-c4ccccc4)nc(-c4ccccc4)n3)c(-n3c4ccccc4c4cc(-c5ccccc5C#N)ccc43)c2)c1C#N. The molecule has 3 aromatic heterocycles. The topological polar surface area (TPSA) is 100 Å². The van der Waals surface area contributed by atoms with Crippen LogP contribution in [0.1, 0.15) is 11.1 Å². The summed E-state index contributed by atoms with van der Waals surface area (Å²) in [6, 6.07) is 82.0. The van der Waals surface area contributed by atoms with E-state index in [4.69, 9.17) is 21.5 Å². The molecule has 3 heterocycles. The molecule has 0 unspecified atom stereocenters. The van der Waals surface area contributed by atoms with Gasteiger partial charge in [0.1, 0.15) is 6.07 Å². The summed E-state index contributed by atoms with van der Waals surface area (Å²) in [4.78, 5) is 19.3. The highest BCUT2D eigenvalue weighted by molar-refractivity contribution is 6.12. The molecule has 10 aromatic carbocycles. The van der Waals surface area contributed by atoms with Gasteiger partial charge < -0.3 is 9.13 Å². The molecule has 0 saturated carbocycles. The van der Waals surface area contributed by atoms with Crippen LogP contribution in [0.2, 0.25) is 0 Å². The fourth-order valence-corrected chi connectivity index (χ4v) is 10.5. The molecule has 0 atom stereocenters. The van der Waals surface area contributed by atoms with Crippen LogP contribution in [0.15, 0.2) is 231 Å². The van der Waals surface area contributed by atoms with Gasteiger partial charge in [0.15, 0.2) is 23.2 Å². The Labute approximate surface area is 426 Å². The minimum absolute atomic E-state index is 0.489. The molecule has 0 saturated heterocycles. The van der Waals surface area contributed by atoms with Crippen molar-refractivity contribution >= 4 is 49.3 Å². The maximum absolute atomic E-state index is 11.4. The summed E-state index contributed by atoms with van der Waals surface area (Å²) >= 11 is 0. The van der Waals surface area contributed by atoms with E-state index in [0.717, 1.165) is 105 Å². The number of nitriles is 2. The zero-order valence-corrected chi connectivity index (χ0v) is 39.5. The number of nitrogens with zero attached hydrogens (tertiary/aromatic N) is 8. The van der Waals surface area contributed by atoms with Crippen LogP contribution in [0.5, 0.6) is 0 Å². The quantitative estimate of drug-likeness (QED) is 0.141. The summed E-state index contributed by atoms with van der Waals surface area (Å²) in [5, 5.41) is 25.6. The highest BCUT2D eigenvalue weighted by atomic mass is 15.1. The monoisotopic (exact) mass is 942 g/mol. The van der Waals surface area contributed by atoms with E-state index in [1.165, 1.54) is 0 Å². The van der Waals surface area contributed by atoms with E-state index in [-0.39, 0.29) is 0 Å². The molecule has 0 aliphatic rings. The second-order valence-corrected chi connectivity index (χ2v) is 18.0. The minimum atomic E-state index is 0.489. The molecule has 0 radical (unpaired) electrons. The fraction of sp³-hybridized carbons (Fsp3) is 0. The highest BCUT2D eigenvalue weighted by Gasteiger charge is 2.24. The van der Waals surface area contributed by atoms with Crippen LogP contribution in [-0.4, -0.2) is 24.1 Å². The molecule has 342 valence electrons. The van der Waals surface area contributed by atoms with Crippen LogP contribution in [0.25, 0.3) is 127 Å². The van der Waals surface area contributed by atoms with Gasteiger partial charge in [0, 0.05) is 43.8 Å². The first-order chi connectivity index (χ1) is 36.6. The molecule has 0 amide bonds. The summed E-state index contributed by atoms with van der Waals surface area (Å²) < 4.78 is 4.45. The Bertz CT molecular complexity index is 4470. The van der Waals surface area contributed by atoms with E-state index in [1.54, 1.807) is 0 Å². The third-order valence-electron chi connectivity index (χ3n) is 13.9. The van der Waals surface area contributed by atoms with E-state index in [2.05, 4.69) is 111 Å². The fourth-order valence-electron chi connectivity index (χ4n) is 10.5. The molecule has 74 heavy (non-hydrogen) atoms. The average molecular weight is 943 g/mol. The van der Waals surface area contributed by atoms with Crippen LogP contribution >= 0.6 is 0 Å². The molecule has 8 nitrogen and oxygen atoms in total. The minimum Gasteiger partial charge on any atom is -0.308 e. The van der Waals surface area contributed by atoms with Crippen LogP contribution in [0.4, 0.5) is 5.69 Å². The molecule has 0 N–H and O–H groups in total. The molecule has 0 aliphatic carbocycles. The Kier molecular flexibility index (Phi) is 10.5. The number of para-hydroxylation sites is 3. The summed E-state index contributed by atoms with van der Waals surface area (Å²) in [6.45, 7) is 7.86. The largest absolute Gasteiger partial charge is 0.308 e. The molecular weight excluding hydrogens is 905 g/mol. The van der Waals surface area contributed by atoms with Gasteiger partial charge in [-0.05, 0) is 88.5 Å². The predicted molar refractivity (Wildman–Crippen MR) is 297 cm³/mol. The first-order valence-corrected chi connectivity index (χ1v) is 24.2. The van der Waals surface area contributed by atoms with Crippen molar-refractivity contribution in [3.8, 4) is 91.1 Å². The molecule has 13 rings (SSSR count). The Morgan fingerprint density at radius 1 is 0.351 bits per heavy atom. The molecular formula is C66H38N8. The first kappa shape index (κ1) is 43.3. The number of hydrogen-bond donors (Lipinski definition) is 0. The van der Waals surface area contributed by atoms with E-state index < -0.39 is 0 Å². The highest BCUT2D eigenvalue weighted by Crippen LogP contribution is 2.43. The van der Waals surface area contributed by atoms with Crippen molar-refractivity contribution in [1.29, 1.82) is 10.5 Å². The van der Waals surface area contributed by atoms with Gasteiger partial charge in [-0.1, -0.05) is 170 Å². The maximum atomic E-state index is 11.4. The Morgan fingerprint density at radius 2 is 0.838 bits per heavy atom. The summed E-state index contributed by atoms with van der Waals surface area (Å²) in [5.74, 6) is 1.57. The van der Waals surface area contributed by atoms with Gasteiger partial charge in [0.25, 0.3) is 0 Å². The lowest BCUT2D eigenvalue weighted by atomic mass is 9.96. The lowest BCUT2D eigenvalue weighted by Crippen LogP contribution is -2.04. The van der Waals surface area contributed by atoms with E-state index >= 15 is 0 Å². The smallest absolute Gasteiger partial charge is 0.194 e. The van der Waals surface area contributed by atoms with Gasteiger partial charge in [-0.15, -0.1) is 0 Å². The first-order valence-electron chi connectivity index (χ1n) is 24.2. The van der Waals surface area contributed by atoms with Gasteiger partial charge >= 0.3 is 0 Å². The van der Waals surface area contributed by atoms with Crippen molar-refractivity contribution in [3.63, 3.8) is 0 Å². The van der Waals surface area contributed by atoms with E-state index in [0.29, 0.717) is 34.3 Å². The van der Waals surface area contributed by atoms with Crippen molar-refractivity contribution < 1.29 is 0 Å². The summed E-state index contributed by atoms with van der Waals surface area (Å²) in [5.41, 5.74) is 14.8. The standard InChI is InChI=1S/C66H38N8/c1-69-57-27-13-10-23-50(57)45-33-36-61-55(38-45)51-24-11-14-28-58(51)73(61)60-30-16-26-49(56(60)41-68)46-31-34-53(66-71-64(42-17-4-2-5-18-42)70-65(72-66)43-19-6-3-7-20-43)63(39-46)74-59-29-15-12-25-52(59)54-37-44(32-35-62(54)74)48-22-9-8-21-47(48)40-67/h2-39H. The molecule has 0 bridgehead atoms. The number of benzene rings is 10. The van der Waals surface area contributed by atoms with E-state index in [1.807, 2.05) is 146 Å². The average Bonchev–Trinajstić information content (AvgIpc) is 3.99. The van der Waals surface area contributed by atoms with Crippen LogP contribution in [0.3, 0.4) is 0 Å². The summed E-state index contributed by atoms with van der Waals surface area (Å²) in [7, 11) is 0. The van der Waals surface area contributed by atoms with Gasteiger partial charge in [-0.25, -0.2) is 19.8 Å².